The van der Waals surface area contributed by atoms with Crippen molar-refractivity contribution in [1.29, 1.82) is 0 Å². The van der Waals surface area contributed by atoms with E-state index in [0.717, 1.165) is 29.6 Å². The Balaban J connectivity index is 1.88. The Morgan fingerprint density at radius 1 is 1.22 bits per heavy atom. The van der Waals surface area contributed by atoms with Gasteiger partial charge in [-0.15, -0.1) is 0 Å². The largest absolute Gasteiger partial charge is 0.496 e. The van der Waals surface area contributed by atoms with Crippen molar-refractivity contribution in [2.45, 2.75) is 51.6 Å². The summed E-state index contributed by atoms with van der Waals surface area (Å²) in [6.07, 6.45) is 1.55. The van der Waals surface area contributed by atoms with Crippen molar-refractivity contribution in [3.63, 3.8) is 0 Å². The summed E-state index contributed by atoms with van der Waals surface area (Å²) in [5.74, 6) is 0.753. The average molecular weight is 320 g/mol. The molecule has 126 valence electrons. The molecule has 0 N–H and O–H groups in total. The van der Waals surface area contributed by atoms with Crippen molar-refractivity contribution in [3.8, 4) is 5.75 Å². The lowest BCUT2D eigenvalue weighted by Gasteiger charge is -2.38. The number of methoxy groups -OCH3 is 1. The molecule has 2 heterocycles. The zero-order chi connectivity index (χ0) is 16.4. The Bertz CT molecular complexity index is 542. The molecule has 1 atom stereocenters. The molecule has 0 amide bonds. The molecule has 0 unspecified atom stereocenters. The third-order valence-electron chi connectivity index (χ3n) is 4.17. The molecule has 23 heavy (non-hydrogen) atoms. The summed E-state index contributed by atoms with van der Waals surface area (Å²) >= 11 is 0. The molecule has 6 heteroatoms. The van der Waals surface area contributed by atoms with Crippen molar-refractivity contribution >= 4 is 12.6 Å². The molecule has 2 fully saturated rings. The SMILES string of the molecule is COc1ccc(B2O[C@H](C)CC(C)(C)O2)cc1C1OCCCO1. The van der Waals surface area contributed by atoms with Crippen molar-refractivity contribution in [3.05, 3.63) is 23.8 Å². The lowest BCUT2D eigenvalue weighted by molar-refractivity contribution is -0.183. The van der Waals surface area contributed by atoms with Gasteiger partial charge in [0.05, 0.1) is 25.9 Å². The number of hydrogen-bond acceptors (Lipinski definition) is 5. The second kappa shape index (κ2) is 6.81. The van der Waals surface area contributed by atoms with Crippen LogP contribution in [0, 0.1) is 0 Å². The molecule has 2 aliphatic heterocycles. The van der Waals surface area contributed by atoms with Gasteiger partial charge in [0.1, 0.15) is 5.75 Å². The fourth-order valence-corrected chi connectivity index (χ4v) is 3.21. The van der Waals surface area contributed by atoms with Crippen molar-refractivity contribution in [2.24, 2.45) is 0 Å². The molecule has 2 saturated heterocycles. The summed E-state index contributed by atoms with van der Waals surface area (Å²) in [4.78, 5) is 0. The Labute approximate surface area is 138 Å². The second-order valence-electron chi connectivity index (χ2n) is 6.79. The summed E-state index contributed by atoms with van der Waals surface area (Å²) in [5, 5.41) is 0. The lowest BCUT2D eigenvalue weighted by atomic mass is 9.74. The van der Waals surface area contributed by atoms with Crippen LogP contribution in [-0.2, 0) is 18.8 Å². The van der Waals surface area contributed by atoms with E-state index in [2.05, 4.69) is 20.8 Å². The first-order valence-electron chi connectivity index (χ1n) is 8.23. The van der Waals surface area contributed by atoms with E-state index in [9.17, 15) is 0 Å². The summed E-state index contributed by atoms with van der Waals surface area (Å²) in [6, 6.07) is 5.91. The molecule has 2 aliphatic rings. The standard InChI is InChI=1S/C17H25BO5/c1-12-11-17(2,3)23-18(22-12)13-6-7-15(19-4)14(10-13)16-20-8-5-9-21-16/h6-7,10,12,16H,5,8-9,11H2,1-4H3/t12-/m1/s1. The van der Waals surface area contributed by atoms with Gasteiger partial charge in [-0.3, -0.25) is 0 Å². The number of benzene rings is 1. The summed E-state index contributed by atoms with van der Waals surface area (Å²) in [6.45, 7) is 7.65. The van der Waals surface area contributed by atoms with E-state index in [0.29, 0.717) is 13.2 Å². The van der Waals surface area contributed by atoms with Crippen LogP contribution in [0.25, 0.3) is 0 Å². The van der Waals surface area contributed by atoms with E-state index in [1.807, 2.05) is 18.2 Å². The predicted octanol–water partition coefficient (Wildman–Crippen LogP) is 2.43. The first-order valence-corrected chi connectivity index (χ1v) is 8.23. The van der Waals surface area contributed by atoms with Crippen LogP contribution < -0.4 is 10.2 Å². The van der Waals surface area contributed by atoms with Gasteiger partial charge >= 0.3 is 7.12 Å². The molecule has 0 aliphatic carbocycles. The van der Waals surface area contributed by atoms with Crippen LogP contribution in [0.3, 0.4) is 0 Å². The fourth-order valence-electron chi connectivity index (χ4n) is 3.21. The van der Waals surface area contributed by atoms with Crippen LogP contribution in [0.4, 0.5) is 0 Å². The van der Waals surface area contributed by atoms with Gasteiger partial charge in [-0.05, 0) is 45.1 Å². The van der Waals surface area contributed by atoms with E-state index in [1.165, 1.54) is 0 Å². The number of hydrogen-bond donors (Lipinski definition) is 0. The van der Waals surface area contributed by atoms with E-state index >= 15 is 0 Å². The summed E-state index contributed by atoms with van der Waals surface area (Å²) in [7, 11) is 1.27. The first kappa shape index (κ1) is 16.8. The zero-order valence-corrected chi connectivity index (χ0v) is 14.3. The van der Waals surface area contributed by atoms with Crippen LogP contribution in [0.15, 0.2) is 18.2 Å². The van der Waals surface area contributed by atoms with Crippen LogP contribution in [0.2, 0.25) is 0 Å². The zero-order valence-electron chi connectivity index (χ0n) is 14.3. The third-order valence-corrected chi connectivity index (χ3v) is 4.17. The van der Waals surface area contributed by atoms with Crippen molar-refractivity contribution < 1.29 is 23.5 Å². The van der Waals surface area contributed by atoms with Gasteiger partial charge in [0.25, 0.3) is 0 Å². The van der Waals surface area contributed by atoms with E-state index in [-0.39, 0.29) is 18.8 Å². The van der Waals surface area contributed by atoms with Gasteiger partial charge in [-0.25, -0.2) is 0 Å². The monoisotopic (exact) mass is 320 g/mol. The third kappa shape index (κ3) is 3.88. The van der Waals surface area contributed by atoms with Crippen LogP contribution >= 0.6 is 0 Å². The Hall–Kier alpha value is -1.08. The molecule has 1 aromatic carbocycles. The molecule has 0 aromatic heterocycles. The van der Waals surface area contributed by atoms with E-state index in [1.54, 1.807) is 7.11 Å². The molecule has 0 saturated carbocycles. The van der Waals surface area contributed by atoms with Crippen molar-refractivity contribution in [1.82, 2.24) is 0 Å². The summed E-state index contributed by atoms with van der Waals surface area (Å²) in [5.41, 5.74) is 1.63. The number of ether oxygens (including phenoxy) is 3. The van der Waals surface area contributed by atoms with Crippen LogP contribution in [-0.4, -0.2) is 39.1 Å². The normalized spacial score (nSPS) is 25.4. The smallest absolute Gasteiger partial charge is 0.494 e. The fraction of sp³-hybridized carbons (Fsp3) is 0.647. The average Bonchev–Trinajstić information content (AvgIpc) is 2.53. The Morgan fingerprint density at radius 2 is 1.96 bits per heavy atom. The highest BCUT2D eigenvalue weighted by Crippen LogP contribution is 2.31. The molecule has 0 radical (unpaired) electrons. The van der Waals surface area contributed by atoms with Crippen LogP contribution in [0.5, 0.6) is 5.75 Å². The quantitative estimate of drug-likeness (QED) is 0.801. The van der Waals surface area contributed by atoms with Gasteiger partial charge in [0.15, 0.2) is 6.29 Å². The molecule has 5 nitrogen and oxygen atoms in total. The van der Waals surface area contributed by atoms with Gasteiger partial charge in [-0.1, -0.05) is 12.1 Å². The first-order chi connectivity index (χ1) is 11.0. The minimum atomic E-state index is -0.396. The van der Waals surface area contributed by atoms with Crippen molar-refractivity contribution in [2.75, 3.05) is 20.3 Å². The maximum atomic E-state index is 6.10. The van der Waals surface area contributed by atoms with Gasteiger partial charge < -0.3 is 23.5 Å². The Morgan fingerprint density at radius 3 is 2.61 bits per heavy atom. The molecule has 3 rings (SSSR count). The highest BCUT2D eigenvalue weighted by Gasteiger charge is 2.38. The minimum absolute atomic E-state index is 0.150. The highest BCUT2D eigenvalue weighted by atomic mass is 16.7. The minimum Gasteiger partial charge on any atom is -0.496 e. The van der Waals surface area contributed by atoms with Gasteiger partial charge in [0.2, 0.25) is 0 Å². The molecular weight excluding hydrogens is 295 g/mol. The summed E-state index contributed by atoms with van der Waals surface area (Å²) < 4.78 is 29.0. The predicted molar refractivity (Wildman–Crippen MR) is 88.0 cm³/mol. The molecule has 0 bridgehead atoms. The van der Waals surface area contributed by atoms with E-state index in [4.69, 9.17) is 23.5 Å². The van der Waals surface area contributed by atoms with E-state index < -0.39 is 6.29 Å². The molecular formula is C17H25BO5. The van der Waals surface area contributed by atoms with Gasteiger partial charge in [0, 0.05) is 11.7 Å². The number of rotatable bonds is 3. The van der Waals surface area contributed by atoms with Gasteiger partial charge in [-0.2, -0.15) is 0 Å². The lowest BCUT2D eigenvalue weighted by Crippen LogP contribution is -2.51. The Kier molecular flexibility index (Phi) is 4.97. The maximum Gasteiger partial charge on any atom is 0.494 e. The van der Waals surface area contributed by atoms with Crippen LogP contribution in [0.1, 0.15) is 45.5 Å². The topological polar surface area (TPSA) is 46.2 Å². The molecule has 1 aromatic rings. The molecule has 0 spiro atoms. The second-order valence-corrected chi connectivity index (χ2v) is 6.79. The maximum absolute atomic E-state index is 6.10. The highest BCUT2D eigenvalue weighted by molar-refractivity contribution is 6.61.